The molecule has 5 heteroatoms. The Balaban J connectivity index is 1.75. The average molecular weight is 278 g/mol. The van der Waals surface area contributed by atoms with Gasteiger partial charge in [-0.2, -0.15) is 0 Å². The van der Waals surface area contributed by atoms with Crippen molar-refractivity contribution in [2.45, 2.75) is 25.9 Å². The molecular formula is C15H22N2O3. The van der Waals surface area contributed by atoms with Crippen LogP contribution in [0.25, 0.3) is 0 Å². The summed E-state index contributed by atoms with van der Waals surface area (Å²) in [6.45, 7) is 3.97. The highest BCUT2D eigenvalue weighted by atomic mass is 16.5. The Morgan fingerprint density at radius 2 is 2.00 bits per heavy atom. The highest BCUT2D eigenvalue weighted by molar-refractivity contribution is 5.89. The standard InChI is InChI=1S/C15H22N2O3/c1-11(18)13-2-4-14(5-3-13)17-15(19)16-10-12-6-8-20-9-7-12/h2-5,11-12,18H,6-10H2,1H3,(H2,16,17,19). The molecule has 1 unspecified atom stereocenters. The molecule has 3 N–H and O–H groups in total. The predicted molar refractivity (Wildman–Crippen MR) is 77.6 cm³/mol. The first-order chi connectivity index (χ1) is 9.65. The van der Waals surface area contributed by atoms with Gasteiger partial charge in [-0.25, -0.2) is 4.79 Å². The van der Waals surface area contributed by atoms with E-state index in [9.17, 15) is 9.90 Å². The fourth-order valence-corrected chi connectivity index (χ4v) is 2.21. The molecule has 1 saturated heterocycles. The summed E-state index contributed by atoms with van der Waals surface area (Å²) >= 11 is 0. The van der Waals surface area contributed by atoms with E-state index in [1.165, 1.54) is 0 Å². The molecule has 5 nitrogen and oxygen atoms in total. The summed E-state index contributed by atoms with van der Waals surface area (Å²) in [7, 11) is 0. The van der Waals surface area contributed by atoms with E-state index in [2.05, 4.69) is 10.6 Å². The lowest BCUT2D eigenvalue weighted by Crippen LogP contribution is -2.35. The van der Waals surface area contributed by atoms with Crippen LogP contribution in [0.1, 0.15) is 31.4 Å². The highest BCUT2D eigenvalue weighted by Gasteiger charge is 2.14. The number of amides is 2. The Morgan fingerprint density at radius 3 is 2.60 bits per heavy atom. The number of carbonyl (C=O) groups is 1. The van der Waals surface area contributed by atoms with E-state index in [0.717, 1.165) is 37.3 Å². The number of rotatable bonds is 4. The van der Waals surface area contributed by atoms with Gasteiger partial charge in [-0.3, -0.25) is 0 Å². The minimum absolute atomic E-state index is 0.193. The van der Waals surface area contributed by atoms with Gasteiger partial charge < -0.3 is 20.5 Å². The lowest BCUT2D eigenvalue weighted by atomic mass is 10.0. The SMILES string of the molecule is CC(O)c1ccc(NC(=O)NCC2CCOCC2)cc1. The smallest absolute Gasteiger partial charge is 0.319 e. The lowest BCUT2D eigenvalue weighted by Gasteiger charge is -2.22. The molecular weight excluding hydrogens is 256 g/mol. The highest BCUT2D eigenvalue weighted by Crippen LogP contribution is 2.16. The summed E-state index contributed by atoms with van der Waals surface area (Å²) in [5.74, 6) is 0.507. The Hall–Kier alpha value is -1.59. The second-order valence-electron chi connectivity index (χ2n) is 5.19. The number of nitrogens with one attached hydrogen (secondary N) is 2. The van der Waals surface area contributed by atoms with E-state index in [1.807, 2.05) is 0 Å². The second kappa shape index (κ2) is 7.26. The van der Waals surface area contributed by atoms with Crippen molar-refractivity contribution in [3.63, 3.8) is 0 Å². The van der Waals surface area contributed by atoms with Crippen LogP contribution in [-0.4, -0.2) is 30.9 Å². The maximum atomic E-state index is 11.8. The van der Waals surface area contributed by atoms with Gasteiger partial charge in [-0.05, 0) is 43.4 Å². The molecule has 20 heavy (non-hydrogen) atoms. The van der Waals surface area contributed by atoms with E-state index in [-0.39, 0.29) is 6.03 Å². The molecule has 0 saturated carbocycles. The summed E-state index contributed by atoms with van der Waals surface area (Å²) in [6.07, 6.45) is 1.51. The minimum Gasteiger partial charge on any atom is -0.389 e. The van der Waals surface area contributed by atoms with Crippen LogP contribution in [-0.2, 0) is 4.74 Å². The van der Waals surface area contributed by atoms with Gasteiger partial charge in [0.05, 0.1) is 6.10 Å². The van der Waals surface area contributed by atoms with Crippen molar-refractivity contribution in [2.75, 3.05) is 25.1 Å². The van der Waals surface area contributed by atoms with E-state index in [4.69, 9.17) is 4.74 Å². The van der Waals surface area contributed by atoms with Gasteiger partial charge >= 0.3 is 6.03 Å². The van der Waals surface area contributed by atoms with Crippen LogP contribution < -0.4 is 10.6 Å². The number of ether oxygens (including phenoxy) is 1. The summed E-state index contributed by atoms with van der Waals surface area (Å²) in [4.78, 5) is 11.8. The number of urea groups is 1. The molecule has 2 rings (SSSR count). The van der Waals surface area contributed by atoms with E-state index < -0.39 is 6.10 Å². The number of hydrogen-bond donors (Lipinski definition) is 3. The molecule has 0 bridgehead atoms. The van der Waals surface area contributed by atoms with Crippen LogP contribution in [0.2, 0.25) is 0 Å². The van der Waals surface area contributed by atoms with Crippen LogP contribution >= 0.6 is 0 Å². The monoisotopic (exact) mass is 278 g/mol. The summed E-state index contributed by atoms with van der Waals surface area (Å²) in [5, 5.41) is 15.1. The first-order valence-electron chi connectivity index (χ1n) is 7.06. The molecule has 1 atom stereocenters. The normalized spacial score (nSPS) is 17.5. The molecule has 110 valence electrons. The predicted octanol–water partition coefficient (Wildman–Crippen LogP) is 2.29. The quantitative estimate of drug-likeness (QED) is 0.791. The Labute approximate surface area is 119 Å². The van der Waals surface area contributed by atoms with Gasteiger partial charge in [0, 0.05) is 25.4 Å². The average Bonchev–Trinajstić information content (AvgIpc) is 2.47. The van der Waals surface area contributed by atoms with Crippen molar-refractivity contribution >= 4 is 11.7 Å². The van der Waals surface area contributed by atoms with Gasteiger partial charge in [0.2, 0.25) is 0 Å². The number of carbonyl (C=O) groups excluding carboxylic acids is 1. The number of hydrogen-bond acceptors (Lipinski definition) is 3. The van der Waals surface area contributed by atoms with E-state index in [0.29, 0.717) is 12.5 Å². The molecule has 1 aromatic carbocycles. The van der Waals surface area contributed by atoms with Gasteiger partial charge in [0.15, 0.2) is 0 Å². The summed E-state index contributed by atoms with van der Waals surface area (Å²) in [5.41, 5.74) is 1.55. The van der Waals surface area contributed by atoms with Gasteiger partial charge in [0.1, 0.15) is 0 Å². The van der Waals surface area contributed by atoms with Crippen LogP contribution in [0.5, 0.6) is 0 Å². The van der Waals surface area contributed by atoms with E-state index >= 15 is 0 Å². The third kappa shape index (κ3) is 4.51. The van der Waals surface area contributed by atoms with Gasteiger partial charge in [0.25, 0.3) is 0 Å². The minimum atomic E-state index is -0.494. The summed E-state index contributed by atoms with van der Waals surface area (Å²) in [6, 6.07) is 6.99. The molecule has 1 fully saturated rings. The number of anilines is 1. The molecule has 0 spiro atoms. The molecule has 0 radical (unpaired) electrons. The number of benzene rings is 1. The first kappa shape index (κ1) is 14.8. The topological polar surface area (TPSA) is 70.6 Å². The van der Waals surface area contributed by atoms with Crippen molar-refractivity contribution in [1.82, 2.24) is 5.32 Å². The molecule has 0 aliphatic carbocycles. The van der Waals surface area contributed by atoms with Crippen molar-refractivity contribution in [1.29, 1.82) is 0 Å². The van der Waals surface area contributed by atoms with Crippen molar-refractivity contribution in [3.05, 3.63) is 29.8 Å². The van der Waals surface area contributed by atoms with Gasteiger partial charge in [-0.15, -0.1) is 0 Å². The Bertz CT molecular complexity index is 425. The lowest BCUT2D eigenvalue weighted by molar-refractivity contribution is 0.0671. The van der Waals surface area contributed by atoms with Crippen molar-refractivity contribution < 1.29 is 14.6 Å². The molecule has 1 aliphatic rings. The van der Waals surface area contributed by atoms with Crippen molar-refractivity contribution in [3.8, 4) is 0 Å². The summed E-state index contributed by atoms with van der Waals surface area (Å²) < 4.78 is 5.28. The van der Waals surface area contributed by atoms with Crippen molar-refractivity contribution in [2.24, 2.45) is 5.92 Å². The fourth-order valence-electron chi connectivity index (χ4n) is 2.21. The largest absolute Gasteiger partial charge is 0.389 e. The van der Waals surface area contributed by atoms with Crippen LogP contribution in [0.15, 0.2) is 24.3 Å². The zero-order valence-corrected chi connectivity index (χ0v) is 11.8. The molecule has 2 amide bonds. The molecule has 1 aliphatic heterocycles. The third-order valence-electron chi connectivity index (χ3n) is 3.54. The number of aliphatic hydroxyl groups is 1. The first-order valence-corrected chi connectivity index (χ1v) is 7.06. The maximum Gasteiger partial charge on any atom is 0.319 e. The molecule has 1 aromatic rings. The van der Waals surface area contributed by atoms with Gasteiger partial charge in [-0.1, -0.05) is 12.1 Å². The van der Waals surface area contributed by atoms with Crippen LogP contribution in [0.4, 0.5) is 10.5 Å². The fraction of sp³-hybridized carbons (Fsp3) is 0.533. The zero-order valence-electron chi connectivity index (χ0n) is 11.8. The Morgan fingerprint density at radius 1 is 1.35 bits per heavy atom. The van der Waals surface area contributed by atoms with Crippen LogP contribution in [0.3, 0.4) is 0 Å². The third-order valence-corrected chi connectivity index (χ3v) is 3.54. The zero-order chi connectivity index (χ0) is 14.4. The second-order valence-corrected chi connectivity index (χ2v) is 5.19. The van der Waals surface area contributed by atoms with E-state index in [1.54, 1.807) is 31.2 Å². The number of aliphatic hydroxyl groups excluding tert-OH is 1. The maximum absolute atomic E-state index is 11.8. The Kier molecular flexibility index (Phi) is 5.38. The molecule has 1 heterocycles. The molecule has 0 aromatic heterocycles. The van der Waals surface area contributed by atoms with Crippen LogP contribution in [0, 0.1) is 5.92 Å².